The van der Waals surface area contributed by atoms with Gasteiger partial charge >= 0.3 is 6.18 Å². The molecular weight excluding hydrogens is 271 g/mol. The molecule has 4 nitrogen and oxygen atoms in total. The molecule has 0 aliphatic carbocycles. The topological polar surface area (TPSA) is 77.2 Å². The summed E-state index contributed by atoms with van der Waals surface area (Å²) in [5.41, 5.74) is 3.90. The van der Waals surface area contributed by atoms with Crippen molar-refractivity contribution in [1.82, 2.24) is 0 Å². The molecule has 0 heterocycles. The Labute approximate surface area is 102 Å². The fourth-order valence-electron chi connectivity index (χ4n) is 1.19. The summed E-state index contributed by atoms with van der Waals surface area (Å²) in [6.45, 7) is 1.08. The van der Waals surface area contributed by atoms with Crippen molar-refractivity contribution in [3.05, 3.63) is 29.8 Å². The van der Waals surface area contributed by atoms with Crippen LogP contribution >= 0.6 is 0 Å². The minimum absolute atomic E-state index is 0.373. The minimum Gasteiger partial charge on any atom is -0.369 e. The van der Waals surface area contributed by atoms with Gasteiger partial charge in [0.1, 0.15) is 5.25 Å². The quantitative estimate of drug-likeness (QED) is 0.908. The van der Waals surface area contributed by atoms with Crippen LogP contribution in [0.2, 0.25) is 0 Å². The Kier molecular flexibility index (Phi) is 3.70. The first-order valence-corrected chi connectivity index (χ1v) is 6.32. The first kappa shape index (κ1) is 14.5. The summed E-state index contributed by atoms with van der Waals surface area (Å²) in [6.07, 6.45) is -4.54. The van der Waals surface area contributed by atoms with Crippen LogP contribution in [0.3, 0.4) is 0 Å². The van der Waals surface area contributed by atoms with E-state index in [1.807, 2.05) is 0 Å². The average Bonchev–Trinajstić information content (AvgIpc) is 2.26. The molecule has 0 spiro atoms. The summed E-state index contributed by atoms with van der Waals surface area (Å²) in [5, 5.41) is -1.49. The van der Waals surface area contributed by atoms with E-state index >= 15 is 0 Å². The van der Waals surface area contributed by atoms with Gasteiger partial charge in [-0.05, 0) is 31.2 Å². The number of benzene rings is 1. The number of halogens is 3. The Morgan fingerprint density at radius 3 is 2.00 bits per heavy atom. The van der Waals surface area contributed by atoms with E-state index < -0.39 is 32.7 Å². The molecule has 1 rings (SSSR count). The van der Waals surface area contributed by atoms with Crippen LogP contribution in [0.5, 0.6) is 0 Å². The highest BCUT2D eigenvalue weighted by atomic mass is 32.2. The van der Waals surface area contributed by atoms with Gasteiger partial charge in [0.15, 0.2) is 9.84 Å². The molecule has 8 heteroatoms. The van der Waals surface area contributed by atoms with E-state index in [0.717, 1.165) is 19.1 Å². The van der Waals surface area contributed by atoms with E-state index in [-0.39, 0.29) is 4.90 Å². The molecular formula is C10H10F3NO3S. The monoisotopic (exact) mass is 281 g/mol. The van der Waals surface area contributed by atoms with Crippen molar-refractivity contribution < 1.29 is 26.4 Å². The van der Waals surface area contributed by atoms with E-state index in [1.54, 1.807) is 0 Å². The molecule has 1 atom stereocenters. The predicted octanol–water partition coefficient (Wildman–Crippen LogP) is 1.35. The number of nitrogens with two attached hydrogens (primary N) is 1. The van der Waals surface area contributed by atoms with Gasteiger partial charge in [-0.2, -0.15) is 13.2 Å². The number of carbonyl (C=O) groups excluding carboxylic acids is 1. The Hall–Kier alpha value is -1.57. The molecule has 0 saturated heterocycles. The summed E-state index contributed by atoms with van der Waals surface area (Å²) < 4.78 is 60.3. The molecule has 0 fully saturated rings. The van der Waals surface area contributed by atoms with Crippen LogP contribution in [0.1, 0.15) is 12.5 Å². The number of alkyl halides is 3. The highest BCUT2D eigenvalue weighted by molar-refractivity contribution is 7.92. The molecule has 18 heavy (non-hydrogen) atoms. The fourth-order valence-corrected chi connectivity index (χ4v) is 2.42. The van der Waals surface area contributed by atoms with Gasteiger partial charge in [-0.1, -0.05) is 0 Å². The summed E-state index contributed by atoms with van der Waals surface area (Å²) in [7, 11) is -4.04. The largest absolute Gasteiger partial charge is 0.416 e. The number of amides is 1. The number of hydrogen-bond donors (Lipinski definition) is 1. The van der Waals surface area contributed by atoms with E-state index in [1.165, 1.54) is 0 Å². The van der Waals surface area contributed by atoms with Gasteiger partial charge in [0.25, 0.3) is 0 Å². The summed E-state index contributed by atoms with van der Waals surface area (Å²) in [5.74, 6) is -1.06. The lowest BCUT2D eigenvalue weighted by Crippen LogP contribution is -2.33. The Balaban J connectivity index is 3.17. The second kappa shape index (κ2) is 4.60. The maximum Gasteiger partial charge on any atom is 0.416 e. The minimum atomic E-state index is -4.54. The standard InChI is InChI=1S/C10H10F3NO3S/c1-6(9(14)15)18(16,17)8-4-2-7(3-5-8)10(11,12)13/h2-6H,1H3,(H2,14,15). The van der Waals surface area contributed by atoms with Crippen molar-refractivity contribution in [2.45, 2.75) is 23.2 Å². The zero-order valence-corrected chi connectivity index (χ0v) is 10.0. The van der Waals surface area contributed by atoms with Gasteiger partial charge in [0.2, 0.25) is 5.91 Å². The van der Waals surface area contributed by atoms with Crippen molar-refractivity contribution in [2.75, 3.05) is 0 Å². The normalized spacial score (nSPS) is 14.2. The summed E-state index contributed by atoms with van der Waals surface area (Å²) in [6, 6.07) is 2.89. The van der Waals surface area contributed by atoms with E-state index in [4.69, 9.17) is 5.73 Å². The Bertz CT molecular complexity index is 549. The smallest absolute Gasteiger partial charge is 0.369 e. The SMILES string of the molecule is CC(C(N)=O)S(=O)(=O)c1ccc(C(F)(F)F)cc1. The lowest BCUT2D eigenvalue weighted by atomic mass is 10.2. The zero-order valence-electron chi connectivity index (χ0n) is 9.23. The van der Waals surface area contributed by atoms with Crippen molar-refractivity contribution in [1.29, 1.82) is 0 Å². The molecule has 0 radical (unpaired) electrons. The second-order valence-electron chi connectivity index (χ2n) is 3.61. The molecule has 100 valence electrons. The van der Waals surface area contributed by atoms with Crippen LogP contribution in [0.4, 0.5) is 13.2 Å². The van der Waals surface area contributed by atoms with Crippen molar-refractivity contribution in [3.63, 3.8) is 0 Å². The van der Waals surface area contributed by atoms with Gasteiger partial charge in [-0.3, -0.25) is 4.79 Å². The zero-order chi connectivity index (χ0) is 14.1. The molecule has 0 bridgehead atoms. The Morgan fingerprint density at radius 1 is 1.22 bits per heavy atom. The van der Waals surface area contributed by atoms with Crippen LogP contribution < -0.4 is 5.73 Å². The maximum absolute atomic E-state index is 12.3. The average molecular weight is 281 g/mol. The molecule has 2 N–H and O–H groups in total. The molecule has 1 aromatic rings. The number of carbonyl (C=O) groups is 1. The third-order valence-corrected chi connectivity index (χ3v) is 4.47. The third-order valence-electron chi connectivity index (χ3n) is 2.38. The van der Waals surface area contributed by atoms with Crippen LogP contribution in [0.15, 0.2) is 29.2 Å². The lowest BCUT2D eigenvalue weighted by molar-refractivity contribution is -0.137. The van der Waals surface area contributed by atoms with E-state index in [0.29, 0.717) is 12.1 Å². The second-order valence-corrected chi connectivity index (χ2v) is 5.88. The number of hydrogen-bond acceptors (Lipinski definition) is 3. The first-order chi connectivity index (χ1) is 8.06. The summed E-state index contributed by atoms with van der Waals surface area (Å²) >= 11 is 0. The van der Waals surface area contributed by atoms with Crippen LogP contribution in [0.25, 0.3) is 0 Å². The van der Waals surface area contributed by atoms with Crippen molar-refractivity contribution in [3.8, 4) is 0 Å². The third kappa shape index (κ3) is 2.81. The molecule has 0 aliphatic rings. The van der Waals surface area contributed by atoms with Gasteiger partial charge in [-0.25, -0.2) is 8.42 Å². The first-order valence-electron chi connectivity index (χ1n) is 4.77. The highest BCUT2D eigenvalue weighted by Crippen LogP contribution is 2.30. The van der Waals surface area contributed by atoms with Crippen LogP contribution in [0, 0.1) is 0 Å². The number of primary amides is 1. The molecule has 0 aromatic heterocycles. The molecule has 0 saturated carbocycles. The van der Waals surface area contributed by atoms with Gasteiger partial charge in [0, 0.05) is 0 Å². The lowest BCUT2D eigenvalue weighted by Gasteiger charge is -2.11. The number of rotatable bonds is 3. The van der Waals surface area contributed by atoms with Crippen molar-refractivity contribution in [2.24, 2.45) is 5.73 Å². The molecule has 0 aliphatic heterocycles. The van der Waals surface area contributed by atoms with E-state index in [9.17, 15) is 26.4 Å². The summed E-state index contributed by atoms with van der Waals surface area (Å²) in [4.78, 5) is 10.4. The Morgan fingerprint density at radius 2 is 1.67 bits per heavy atom. The van der Waals surface area contributed by atoms with E-state index in [2.05, 4.69) is 0 Å². The molecule has 1 unspecified atom stereocenters. The van der Waals surface area contributed by atoms with Gasteiger partial charge in [0.05, 0.1) is 10.5 Å². The number of sulfone groups is 1. The molecule has 1 aromatic carbocycles. The maximum atomic E-state index is 12.3. The van der Waals surface area contributed by atoms with Crippen molar-refractivity contribution >= 4 is 15.7 Å². The van der Waals surface area contributed by atoms with Gasteiger partial charge < -0.3 is 5.73 Å². The van der Waals surface area contributed by atoms with Crippen LogP contribution in [-0.4, -0.2) is 19.6 Å². The van der Waals surface area contributed by atoms with Crippen LogP contribution in [-0.2, 0) is 20.8 Å². The molecule has 1 amide bonds. The fraction of sp³-hybridized carbons (Fsp3) is 0.300. The highest BCUT2D eigenvalue weighted by Gasteiger charge is 2.32. The predicted molar refractivity (Wildman–Crippen MR) is 57.3 cm³/mol. The van der Waals surface area contributed by atoms with Gasteiger partial charge in [-0.15, -0.1) is 0 Å².